The third-order valence-corrected chi connectivity index (χ3v) is 3.59. The highest BCUT2D eigenvalue weighted by Gasteiger charge is 2.15. The fourth-order valence-electron chi connectivity index (χ4n) is 2.09. The minimum atomic E-state index is -2.87. The molecule has 1 atom stereocenters. The lowest BCUT2D eigenvalue weighted by Crippen LogP contribution is -2.18. The highest BCUT2D eigenvalue weighted by atomic mass is 79.9. The molecule has 112 valence electrons. The van der Waals surface area contributed by atoms with Crippen molar-refractivity contribution >= 4 is 15.9 Å². The molecule has 0 amide bonds. The molecule has 1 unspecified atom stereocenters. The van der Waals surface area contributed by atoms with E-state index < -0.39 is 6.61 Å². The van der Waals surface area contributed by atoms with Gasteiger partial charge in [0.25, 0.3) is 0 Å². The highest BCUT2D eigenvalue weighted by molar-refractivity contribution is 9.10. The molecule has 21 heavy (non-hydrogen) atoms. The molecule has 2 rings (SSSR count). The van der Waals surface area contributed by atoms with Crippen molar-refractivity contribution in [3.63, 3.8) is 0 Å². The average Bonchev–Trinajstić information content (AvgIpc) is 2.43. The van der Waals surface area contributed by atoms with Crippen molar-refractivity contribution in [1.82, 2.24) is 5.32 Å². The van der Waals surface area contributed by atoms with Crippen LogP contribution in [0.4, 0.5) is 13.2 Å². The lowest BCUT2D eigenvalue weighted by molar-refractivity contribution is -0.0498. The van der Waals surface area contributed by atoms with Crippen LogP contribution in [0.1, 0.15) is 17.2 Å². The zero-order valence-corrected chi connectivity index (χ0v) is 12.7. The molecule has 0 heterocycles. The highest BCUT2D eigenvalue weighted by Crippen LogP contribution is 2.28. The van der Waals surface area contributed by atoms with Crippen molar-refractivity contribution in [2.75, 3.05) is 7.05 Å². The van der Waals surface area contributed by atoms with Gasteiger partial charge in [-0.25, -0.2) is 4.39 Å². The van der Waals surface area contributed by atoms with Gasteiger partial charge in [0, 0.05) is 0 Å². The van der Waals surface area contributed by atoms with E-state index in [1.807, 2.05) is 0 Å². The third kappa shape index (κ3) is 3.98. The van der Waals surface area contributed by atoms with E-state index >= 15 is 0 Å². The summed E-state index contributed by atoms with van der Waals surface area (Å²) in [5.41, 5.74) is 1.55. The Morgan fingerprint density at radius 1 is 1.10 bits per heavy atom. The molecule has 0 bridgehead atoms. The summed E-state index contributed by atoms with van der Waals surface area (Å²) < 4.78 is 42.6. The largest absolute Gasteiger partial charge is 0.435 e. The van der Waals surface area contributed by atoms with Crippen molar-refractivity contribution < 1.29 is 17.9 Å². The molecule has 2 aromatic carbocycles. The lowest BCUT2D eigenvalue weighted by atomic mass is 9.98. The van der Waals surface area contributed by atoms with E-state index in [1.165, 1.54) is 18.2 Å². The van der Waals surface area contributed by atoms with Crippen molar-refractivity contribution in [3.8, 4) is 5.75 Å². The van der Waals surface area contributed by atoms with Crippen LogP contribution >= 0.6 is 15.9 Å². The first-order valence-electron chi connectivity index (χ1n) is 6.18. The van der Waals surface area contributed by atoms with Crippen LogP contribution in [0, 0.1) is 5.82 Å². The Kier molecular flexibility index (Phi) is 5.25. The predicted molar refractivity (Wildman–Crippen MR) is 78.1 cm³/mol. The molecule has 0 aliphatic heterocycles. The quantitative estimate of drug-likeness (QED) is 0.848. The fourth-order valence-corrected chi connectivity index (χ4v) is 2.48. The van der Waals surface area contributed by atoms with Gasteiger partial charge in [-0.15, -0.1) is 0 Å². The van der Waals surface area contributed by atoms with E-state index in [9.17, 15) is 13.2 Å². The molecule has 6 heteroatoms. The summed E-state index contributed by atoms with van der Waals surface area (Å²) in [7, 11) is 1.74. The molecular formula is C15H13BrF3NO. The van der Waals surface area contributed by atoms with Crippen LogP contribution in [0.3, 0.4) is 0 Å². The van der Waals surface area contributed by atoms with Crippen LogP contribution in [0.5, 0.6) is 5.75 Å². The second-order valence-corrected chi connectivity index (χ2v) is 5.20. The normalized spacial score (nSPS) is 12.5. The molecule has 0 radical (unpaired) electrons. The minimum Gasteiger partial charge on any atom is -0.435 e. The van der Waals surface area contributed by atoms with E-state index in [1.54, 1.807) is 31.3 Å². The Hall–Kier alpha value is -1.53. The summed E-state index contributed by atoms with van der Waals surface area (Å²) >= 11 is 3.14. The number of hydrogen-bond donors (Lipinski definition) is 1. The molecule has 0 aromatic heterocycles. The minimum absolute atomic E-state index is 0.0870. The molecule has 0 saturated carbocycles. The topological polar surface area (TPSA) is 21.3 Å². The maximum Gasteiger partial charge on any atom is 0.387 e. The Morgan fingerprint density at radius 2 is 1.81 bits per heavy atom. The Morgan fingerprint density at radius 3 is 2.43 bits per heavy atom. The summed E-state index contributed by atoms with van der Waals surface area (Å²) in [5, 5.41) is 3.08. The van der Waals surface area contributed by atoms with Crippen molar-refractivity contribution in [2.24, 2.45) is 0 Å². The Balaban J connectivity index is 2.34. The Bertz CT molecular complexity index is 622. The van der Waals surface area contributed by atoms with Crippen LogP contribution < -0.4 is 10.1 Å². The van der Waals surface area contributed by atoms with Gasteiger partial charge < -0.3 is 10.1 Å². The van der Waals surface area contributed by atoms with Gasteiger partial charge in [0.1, 0.15) is 11.6 Å². The number of halogens is 4. The zero-order valence-electron chi connectivity index (χ0n) is 11.1. The van der Waals surface area contributed by atoms with Gasteiger partial charge in [0.2, 0.25) is 0 Å². The Labute approximate surface area is 129 Å². The van der Waals surface area contributed by atoms with Crippen molar-refractivity contribution in [3.05, 3.63) is 63.9 Å². The number of ether oxygens (including phenoxy) is 1. The van der Waals surface area contributed by atoms with Crippen LogP contribution in [0.15, 0.2) is 46.9 Å². The third-order valence-electron chi connectivity index (χ3n) is 2.98. The first-order valence-corrected chi connectivity index (χ1v) is 6.97. The fraction of sp³-hybridized carbons (Fsp3) is 0.200. The van der Waals surface area contributed by atoms with Gasteiger partial charge in [-0.3, -0.25) is 0 Å². The maximum atomic E-state index is 13.3. The van der Waals surface area contributed by atoms with Gasteiger partial charge >= 0.3 is 6.61 Å². The van der Waals surface area contributed by atoms with Crippen molar-refractivity contribution in [2.45, 2.75) is 12.7 Å². The van der Waals surface area contributed by atoms with E-state index in [4.69, 9.17) is 0 Å². The molecule has 0 spiro atoms. The smallest absolute Gasteiger partial charge is 0.387 e. The van der Waals surface area contributed by atoms with Crippen LogP contribution in [-0.4, -0.2) is 13.7 Å². The van der Waals surface area contributed by atoms with Crippen LogP contribution in [0.25, 0.3) is 0 Å². The predicted octanol–water partition coefficient (Wildman–Crippen LogP) is 4.50. The molecule has 0 aliphatic carbocycles. The van der Waals surface area contributed by atoms with Crippen LogP contribution in [-0.2, 0) is 0 Å². The molecule has 2 aromatic rings. The summed E-state index contributed by atoms with van der Waals surface area (Å²) in [6.45, 7) is -2.87. The summed E-state index contributed by atoms with van der Waals surface area (Å²) in [6, 6.07) is 10.8. The summed E-state index contributed by atoms with van der Waals surface area (Å²) in [5.74, 6) is -0.271. The van der Waals surface area contributed by atoms with Crippen LogP contribution in [0.2, 0.25) is 0 Å². The van der Waals surface area contributed by atoms with Crippen molar-refractivity contribution in [1.29, 1.82) is 0 Å². The van der Waals surface area contributed by atoms with Gasteiger partial charge in [-0.1, -0.05) is 18.2 Å². The molecule has 2 nitrogen and oxygen atoms in total. The number of alkyl halides is 2. The maximum absolute atomic E-state index is 13.3. The van der Waals surface area contributed by atoms with E-state index in [2.05, 4.69) is 26.0 Å². The number of hydrogen-bond acceptors (Lipinski definition) is 2. The van der Waals surface area contributed by atoms with E-state index in [-0.39, 0.29) is 17.6 Å². The van der Waals surface area contributed by atoms with Gasteiger partial charge in [-0.05, 0) is 58.4 Å². The summed E-state index contributed by atoms with van der Waals surface area (Å²) in [6.07, 6.45) is 0. The number of benzene rings is 2. The SMILES string of the molecule is CNC(c1cccc(OC(F)F)c1)c1ccc(F)c(Br)c1. The summed E-state index contributed by atoms with van der Waals surface area (Å²) in [4.78, 5) is 0. The van der Waals surface area contributed by atoms with Gasteiger partial charge in [-0.2, -0.15) is 8.78 Å². The van der Waals surface area contributed by atoms with Gasteiger partial charge in [0.05, 0.1) is 10.5 Å². The zero-order chi connectivity index (χ0) is 15.4. The molecule has 0 aliphatic rings. The molecule has 1 N–H and O–H groups in total. The first kappa shape index (κ1) is 15.9. The number of rotatable bonds is 5. The monoisotopic (exact) mass is 359 g/mol. The average molecular weight is 360 g/mol. The second-order valence-electron chi connectivity index (χ2n) is 4.35. The van der Waals surface area contributed by atoms with Gasteiger partial charge in [0.15, 0.2) is 0 Å². The van der Waals surface area contributed by atoms with E-state index in [0.29, 0.717) is 4.47 Å². The first-order chi connectivity index (χ1) is 10.0. The van der Waals surface area contributed by atoms with E-state index in [0.717, 1.165) is 11.1 Å². The lowest BCUT2D eigenvalue weighted by Gasteiger charge is -2.18. The molecular weight excluding hydrogens is 347 g/mol. The standard InChI is InChI=1S/C15H13BrF3NO/c1-20-14(10-5-6-13(17)12(16)8-10)9-3-2-4-11(7-9)21-15(18)19/h2-8,14-15,20H,1H3. The molecule has 0 saturated heterocycles. The number of nitrogens with one attached hydrogen (secondary N) is 1. The molecule has 0 fully saturated rings. The second kappa shape index (κ2) is 6.95.